The van der Waals surface area contributed by atoms with Gasteiger partial charge in [0, 0.05) is 6.92 Å². The number of alkyl halides is 6. The van der Waals surface area contributed by atoms with Crippen molar-refractivity contribution in [1.82, 2.24) is 0 Å². The third-order valence-electron chi connectivity index (χ3n) is 3.80. The molecule has 1 atom stereocenters. The van der Waals surface area contributed by atoms with Crippen molar-refractivity contribution >= 4 is 136 Å². The van der Waals surface area contributed by atoms with Gasteiger partial charge in [-0.05, 0) is 22.9 Å². The van der Waals surface area contributed by atoms with Crippen LogP contribution in [0.1, 0.15) is 19.4 Å². The molecule has 1 N–H and O–H groups in total. The summed E-state index contributed by atoms with van der Waals surface area (Å²) in [7, 11) is 14.8. The number of hydrogen-bond donors (Lipinski definition) is 1. The van der Waals surface area contributed by atoms with E-state index in [1.54, 1.807) is 0 Å². The van der Waals surface area contributed by atoms with E-state index in [2.05, 4.69) is 0 Å². The summed E-state index contributed by atoms with van der Waals surface area (Å²) in [5, 5.41) is 10.5. The van der Waals surface area contributed by atoms with Crippen LogP contribution in [0.5, 0.6) is 0 Å². The minimum atomic E-state index is -4.79. The third-order valence-corrected chi connectivity index (χ3v) is 9.69. The van der Waals surface area contributed by atoms with Gasteiger partial charge in [-0.2, -0.15) is 26.3 Å². The first kappa shape index (κ1) is 41.4. The standard InChI is InChI=1S/C9H8Cl3F3OSi.C6H5Cl3Si.C3H3F3O.Al.3ClH/c1-8(16,9(13,14)15)6-3-2-4-7(5-6)17(10,11)12;7-10(8,9)6-4-2-1-3-5-6;1-2(7)3(4,5)6;;;;/h2-5,16H,1H3;1-5H;1H3;;3*1H/q;;;+3;;;/p-3. The quantitative estimate of drug-likeness (QED) is 0.193. The van der Waals surface area contributed by atoms with Crippen molar-refractivity contribution in [2.24, 2.45) is 0 Å². The second-order valence-electron chi connectivity index (χ2n) is 6.81. The van der Waals surface area contributed by atoms with E-state index in [0.717, 1.165) is 17.3 Å². The Kier molecular flexibility index (Phi) is 18.9. The number of ketones is 1. The molecule has 1 unspecified atom stereocenters. The van der Waals surface area contributed by atoms with Crippen molar-refractivity contribution in [1.29, 1.82) is 0 Å². The molecule has 0 fully saturated rings. The zero-order chi connectivity index (χ0) is 30.8. The molecule has 0 heterocycles. The van der Waals surface area contributed by atoms with Gasteiger partial charge in [-0.1, -0.05) is 54.6 Å². The normalized spacial score (nSPS) is 13.3. The highest BCUT2D eigenvalue weighted by molar-refractivity contribution is 7.70. The van der Waals surface area contributed by atoms with Gasteiger partial charge in [0.25, 0.3) is 0 Å². The predicted octanol–water partition coefficient (Wildman–Crippen LogP) is 8.69. The second kappa shape index (κ2) is 17.4. The van der Waals surface area contributed by atoms with E-state index in [1.807, 2.05) is 30.3 Å². The summed E-state index contributed by atoms with van der Waals surface area (Å²) in [6.07, 6.45) is -9.43. The van der Waals surface area contributed by atoms with E-state index in [9.17, 15) is 36.2 Å². The fraction of sp³-hybridized carbons (Fsp3) is 0.278. The molecule has 2 aromatic carbocycles. The van der Waals surface area contributed by atoms with Gasteiger partial charge in [0.1, 0.15) is 0 Å². The molecule has 0 aliphatic heterocycles. The molecule has 0 aromatic heterocycles. The predicted molar refractivity (Wildman–Crippen MR) is 154 cm³/mol. The Bertz CT molecular complexity index is 985. The highest BCUT2D eigenvalue weighted by atomic mass is 35.8. The average molecular weight is 781 g/mol. The summed E-state index contributed by atoms with van der Waals surface area (Å²) in [4.78, 5) is 9.34. The van der Waals surface area contributed by atoms with Crippen molar-refractivity contribution in [3.8, 4) is 0 Å². The third kappa shape index (κ3) is 17.9. The lowest BCUT2D eigenvalue weighted by Crippen LogP contribution is -2.41. The molecule has 2 aromatic rings. The molecule has 0 saturated carbocycles. The SMILES string of the molecule is CC(=O)C(F)(F)F.CC(O)(c1cccc([Si](Cl)(Cl)Cl)c1)C(F)(F)F.Cl[Si](Cl)(Cl)c1ccccc1.[Cl][Al]([Cl])[Cl]. The van der Waals surface area contributed by atoms with Crippen molar-refractivity contribution in [3.05, 3.63) is 60.2 Å². The van der Waals surface area contributed by atoms with Crippen LogP contribution in [-0.4, -0.2) is 46.6 Å². The number of halogens is 15. The van der Waals surface area contributed by atoms with E-state index in [0.29, 0.717) is 13.8 Å². The number of hydrogen-bond acceptors (Lipinski definition) is 2. The number of aliphatic hydroxyl groups is 1. The van der Waals surface area contributed by atoms with Crippen molar-refractivity contribution in [3.63, 3.8) is 0 Å². The molecular weight excluding hydrogens is 764 g/mol. The maximum absolute atomic E-state index is 12.6. The largest absolute Gasteiger partial charge is 0.643 e. The van der Waals surface area contributed by atoms with Crippen molar-refractivity contribution in [2.45, 2.75) is 31.8 Å². The van der Waals surface area contributed by atoms with Gasteiger partial charge < -0.3 is 5.11 Å². The molecule has 0 amide bonds. The minimum Gasteiger partial charge on any atom is -0.376 e. The molecule has 0 saturated heterocycles. The van der Waals surface area contributed by atoms with Gasteiger partial charge >= 0.3 is 35.7 Å². The van der Waals surface area contributed by atoms with Crippen molar-refractivity contribution in [2.75, 3.05) is 0 Å². The lowest BCUT2D eigenvalue weighted by molar-refractivity contribution is -0.258. The molecule has 0 aliphatic rings. The van der Waals surface area contributed by atoms with Gasteiger partial charge in [0.05, 0.1) is 0 Å². The molecular formula is C18H16AlCl9F6O2Si2. The molecule has 216 valence electrons. The van der Waals surface area contributed by atoms with E-state index < -0.39 is 47.1 Å². The van der Waals surface area contributed by atoms with Crippen LogP contribution in [-0.2, 0) is 10.4 Å². The molecule has 0 aliphatic carbocycles. The summed E-state index contributed by atoms with van der Waals surface area (Å²) in [5.74, 6) is -1.76. The summed E-state index contributed by atoms with van der Waals surface area (Å²) in [6.45, 7) is 1.14. The van der Waals surface area contributed by atoms with Gasteiger partial charge in [-0.15, -0.1) is 66.5 Å². The first-order valence-corrected chi connectivity index (χ1v) is 24.6. The van der Waals surface area contributed by atoms with E-state index in [4.69, 9.17) is 96.6 Å². The molecule has 0 radical (unpaired) electrons. The summed E-state index contributed by atoms with van der Waals surface area (Å²) in [6, 6.07) is 8.37. The zero-order valence-corrected chi connectivity index (χ0v) is 28.8. The first-order chi connectivity index (χ1) is 16.7. The Morgan fingerprint density at radius 1 is 0.763 bits per heavy atom. The van der Waals surface area contributed by atoms with Crippen LogP contribution < -0.4 is 10.4 Å². The summed E-state index contributed by atoms with van der Waals surface area (Å²) in [5.41, 5.74) is -3.31. The Morgan fingerprint density at radius 3 is 1.37 bits per heavy atom. The smallest absolute Gasteiger partial charge is 0.376 e. The molecule has 0 spiro atoms. The molecule has 2 rings (SSSR count). The highest BCUT2D eigenvalue weighted by Crippen LogP contribution is 2.38. The van der Waals surface area contributed by atoms with Gasteiger partial charge in [-0.25, -0.2) is 30.1 Å². The highest BCUT2D eigenvalue weighted by Gasteiger charge is 2.51. The summed E-state index contributed by atoms with van der Waals surface area (Å²) >= 11 is 32.6. The molecule has 38 heavy (non-hydrogen) atoms. The molecule has 2 nitrogen and oxygen atoms in total. The van der Waals surface area contributed by atoms with Crippen LogP contribution in [0.4, 0.5) is 26.3 Å². The van der Waals surface area contributed by atoms with Crippen molar-refractivity contribution < 1.29 is 36.2 Å². The van der Waals surface area contributed by atoms with Gasteiger partial charge in [-0.3, -0.25) is 4.79 Å². The number of Topliss-reactive ketones (excluding diaryl/α,β-unsaturated/α-hetero) is 1. The fourth-order valence-electron chi connectivity index (χ4n) is 1.79. The van der Waals surface area contributed by atoms with Gasteiger partial charge in [0.15, 0.2) is 5.60 Å². The zero-order valence-electron chi connectivity index (χ0n) is 18.8. The Hall–Kier alpha value is 1.23. The van der Waals surface area contributed by atoms with E-state index in [1.165, 1.54) is 12.1 Å². The topological polar surface area (TPSA) is 37.3 Å². The van der Waals surface area contributed by atoms with E-state index in [-0.39, 0.29) is 10.8 Å². The van der Waals surface area contributed by atoms with Crippen LogP contribution in [0.25, 0.3) is 0 Å². The number of carbonyl (C=O) groups is 1. The van der Waals surface area contributed by atoms with Crippen LogP contribution in [0, 0.1) is 0 Å². The molecule has 0 bridgehead atoms. The second-order valence-corrected chi connectivity index (χ2v) is 30.1. The van der Waals surface area contributed by atoms with Gasteiger partial charge in [0.2, 0.25) is 5.78 Å². The Balaban J connectivity index is 0. The van der Waals surface area contributed by atoms with Crippen LogP contribution in [0.15, 0.2) is 54.6 Å². The monoisotopic (exact) mass is 776 g/mol. The Labute approximate surface area is 262 Å². The number of carbonyl (C=O) groups excluding carboxylic acids is 1. The maximum atomic E-state index is 12.6. The van der Waals surface area contributed by atoms with Crippen LogP contribution >= 0.6 is 96.6 Å². The maximum Gasteiger partial charge on any atom is 0.643 e. The number of rotatable bonds is 3. The number of benzene rings is 2. The molecule has 20 heteroatoms. The summed E-state index contributed by atoms with van der Waals surface area (Å²) < 4.78 is 70.3. The lowest BCUT2D eigenvalue weighted by atomic mass is 9.96. The fourth-order valence-corrected chi connectivity index (χ4v) is 5.16. The van der Waals surface area contributed by atoms with E-state index >= 15 is 0 Å². The first-order valence-electron chi connectivity index (χ1n) is 9.33. The Morgan fingerprint density at radius 2 is 1.11 bits per heavy atom. The van der Waals surface area contributed by atoms with Crippen LogP contribution in [0.2, 0.25) is 0 Å². The van der Waals surface area contributed by atoms with Crippen LogP contribution in [0.3, 0.4) is 0 Å². The average Bonchev–Trinajstić information content (AvgIpc) is 2.72. The lowest BCUT2D eigenvalue weighted by Gasteiger charge is -2.27. The minimum absolute atomic E-state index is 0.199.